The van der Waals surface area contributed by atoms with Crippen molar-refractivity contribution in [2.45, 2.75) is 37.3 Å². The minimum absolute atomic E-state index is 0.305. The van der Waals surface area contributed by atoms with E-state index in [0.29, 0.717) is 24.2 Å². The van der Waals surface area contributed by atoms with Crippen molar-refractivity contribution in [3.05, 3.63) is 48.2 Å². The number of hydrogen-bond acceptors (Lipinski definition) is 6. The SMILES string of the molecule is CC(C)(C)OC(=O)NCCOc1ccnc(SCc2ccccc2)n1. The maximum absolute atomic E-state index is 11.5. The van der Waals surface area contributed by atoms with Crippen LogP contribution in [0.15, 0.2) is 47.8 Å². The van der Waals surface area contributed by atoms with Crippen LogP contribution >= 0.6 is 11.8 Å². The Labute approximate surface area is 152 Å². The smallest absolute Gasteiger partial charge is 0.407 e. The number of nitrogens with zero attached hydrogens (tertiary/aromatic N) is 2. The molecular weight excluding hydrogens is 338 g/mol. The second-order valence-corrected chi connectivity index (χ2v) is 7.17. The number of carbonyl (C=O) groups is 1. The molecule has 0 aliphatic rings. The van der Waals surface area contributed by atoms with E-state index in [1.165, 1.54) is 5.56 Å². The average Bonchev–Trinajstić information content (AvgIpc) is 2.57. The molecule has 0 saturated carbocycles. The monoisotopic (exact) mass is 361 g/mol. The summed E-state index contributed by atoms with van der Waals surface area (Å²) < 4.78 is 10.7. The van der Waals surface area contributed by atoms with E-state index in [9.17, 15) is 4.79 Å². The van der Waals surface area contributed by atoms with E-state index < -0.39 is 11.7 Å². The summed E-state index contributed by atoms with van der Waals surface area (Å²) in [6.45, 7) is 6.10. The number of alkyl carbamates (subject to hydrolysis) is 1. The van der Waals surface area contributed by atoms with Crippen LogP contribution in [0.1, 0.15) is 26.3 Å². The van der Waals surface area contributed by atoms with Gasteiger partial charge in [-0.25, -0.2) is 9.78 Å². The van der Waals surface area contributed by atoms with Gasteiger partial charge in [0, 0.05) is 18.0 Å². The fraction of sp³-hybridized carbons (Fsp3) is 0.389. The normalized spacial score (nSPS) is 11.0. The lowest BCUT2D eigenvalue weighted by Gasteiger charge is -2.19. The number of ether oxygens (including phenoxy) is 2. The zero-order valence-corrected chi connectivity index (χ0v) is 15.5. The second kappa shape index (κ2) is 9.27. The summed E-state index contributed by atoms with van der Waals surface area (Å²) in [7, 11) is 0. The van der Waals surface area contributed by atoms with Gasteiger partial charge >= 0.3 is 6.09 Å². The van der Waals surface area contributed by atoms with E-state index in [0.717, 1.165) is 5.75 Å². The summed E-state index contributed by atoms with van der Waals surface area (Å²) in [4.78, 5) is 20.1. The number of aromatic nitrogens is 2. The topological polar surface area (TPSA) is 73.3 Å². The van der Waals surface area contributed by atoms with E-state index >= 15 is 0 Å². The second-order valence-electron chi connectivity index (χ2n) is 6.23. The van der Waals surface area contributed by atoms with Crippen LogP contribution in [0.4, 0.5) is 4.79 Å². The summed E-state index contributed by atoms with van der Waals surface area (Å²) in [5, 5.41) is 3.29. The third-order valence-corrected chi connectivity index (χ3v) is 3.77. The zero-order chi connectivity index (χ0) is 18.1. The number of nitrogens with one attached hydrogen (secondary N) is 1. The van der Waals surface area contributed by atoms with Crippen LogP contribution in [-0.2, 0) is 10.5 Å². The fourth-order valence-corrected chi connectivity index (χ4v) is 2.60. The summed E-state index contributed by atoms with van der Waals surface area (Å²) >= 11 is 1.55. The quantitative estimate of drug-likeness (QED) is 0.461. The van der Waals surface area contributed by atoms with E-state index in [4.69, 9.17) is 9.47 Å². The number of thioether (sulfide) groups is 1. The predicted octanol–water partition coefficient (Wildman–Crippen LogP) is 3.67. The van der Waals surface area contributed by atoms with Crippen molar-refractivity contribution >= 4 is 17.9 Å². The summed E-state index contributed by atoms with van der Waals surface area (Å²) in [5.41, 5.74) is 0.701. The van der Waals surface area contributed by atoms with Crippen LogP contribution in [0.3, 0.4) is 0 Å². The van der Waals surface area contributed by atoms with Gasteiger partial charge in [-0.2, -0.15) is 4.98 Å². The molecule has 2 aromatic rings. The molecule has 0 spiro atoms. The van der Waals surface area contributed by atoms with E-state index in [2.05, 4.69) is 27.4 Å². The highest BCUT2D eigenvalue weighted by molar-refractivity contribution is 7.98. The minimum Gasteiger partial charge on any atom is -0.476 e. The zero-order valence-electron chi connectivity index (χ0n) is 14.7. The fourth-order valence-electron chi connectivity index (χ4n) is 1.82. The molecule has 1 aromatic heterocycles. The van der Waals surface area contributed by atoms with Crippen LogP contribution in [0.2, 0.25) is 0 Å². The van der Waals surface area contributed by atoms with Gasteiger partial charge in [0.05, 0.1) is 6.54 Å². The molecule has 1 amide bonds. The summed E-state index contributed by atoms with van der Waals surface area (Å²) in [5.74, 6) is 1.28. The van der Waals surface area contributed by atoms with Gasteiger partial charge in [0.1, 0.15) is 12.2 Å². The van der Waals surface area contributed by atoms with Crippen molar-refractivity contribution in [2.75, 3.05) is 13.2 Å². The van der Waals surface area contributed by atoms with Gasteiger partial charge in [-0.3, -0.25) is 0 Å². The van der Waals surface area contributed by atoms with Gasteiger partial charge in [0.15, 0.2) is 5.16 Å². The van der Waals surface area contributed by atoms with E-state index in [1.807, 2.05) is 39.0 Å². The molecule has 1 aromatic carbocycles. The molecule has 1 N–H and O–H groups in total. The number of rotatable bonds is 7. The van der Waals surface area contributed by atoms with Crippen LogP contribution in [0, 0.1) is 0 Å². The van der Waals surface area contributed by atoms with Crippen molar-refractivity contribution < 1.29 is 14.3 Å². The highest BCUT2D eigenvalue weighted by atomic mass is 32.2. The molecule has 0 atom stereocenters. The summed E-state index contributed by atoms with van der Waals surface area (Å²) in [6, 6.07) is 11.8. The Morgan fingerprint density at radius 1 is 1.20 bits per heavy atom. The first-order chi connectivity index (χ1) is 11.9. The van der Waals surface area contributed by atoms with Gasteiger partial charge in [-0.1, -0.05) is 42.1 Å². The Bertz CT molecular complexity index is 675. The molecule has 0 unspecified atom stereocenters. The first-order valence-corrected chi connectivity index (χ1v) is 9.00. The Balaban J connectivity index is 1.73. The van der Waals surface area contributed by atoms with E-state index in [-0.39, 0.29) is 0 Å². The lowest BCUT2D eigenvalue weighted by Crippen LogP contribution is -2.34. The molecule has 0 saturated heterocycles. The highest BCUT2D eigenvalue weighted by Gasteiger charge is 2.15. The average molecular weight is 361 g/mol. The lowest BCUT2D eigenvalue weighted by molar-refractivity contribution is 0.0520. The first-order valence-electron chi connectivity index (χ1n) is 8.02. The Morgan fingerprint density at radius 3 is 2.68 bits per heavy atom. The Kier molecular flexibility index (Phi) is 7.06. The van der Waals surface area contributed by atoms with Crippen molar-refractivity contribution in [1.82, 2.24) is 15.3 Å². The summed E-state index contributed by atoms with van der Waals surface area (Å²) in [6.07, 6.45) is 1.20. The molecule has 25 heavy (non-hydrogen) atoms. The van der Waals surface area contributed by atoms with Crippen LogP contribution in [-0.4, -0.2) is 34.8 Å². The largest absolute Gasteiger partial charge is 0.476 e. The maximum Gasteiger partial charge on any atom is 0.407 e. The lowest BCUT2D eigenvalue weighted by atomic mass is 10.2. The Morgan fingerprint density at radius 2 is 1.96 bits per heavy atom. The third kappa shape index (κ3) is 7.89. The Hall–Kier alpha value is -2.28. The number of benzene rings is 1. The van der Waals surface area contributed by atoms with Gasteiger partial charge in [0.25, 0.3) is 0 Å². The molecule has 134 valence electrons. The molecule has 2 rings (SSSR count). The van der Waals surface area contributed by atoms with Gasteiger partial charge < -0.3 is 14.8 Å². The molecular formula is C18H23N3O3S. The molecule has 6 nitrogen and oxygen atoms in total. The molecule has 0 bridgehead atoms. The number of hydrogen-bond donors (Lipinski definition) is 1. The van der Waals surface area contributed by atoms with Crippen molar-refractivity contribution in [1.29, 1.82) is 0 Å². The minimum atomic E-state index is -0.511. The van der Waals surface area contributed by atoms with Crippen molar-refractivity contribution in [3.63, 3.8) is 0 Å². The highest BCUT2D eigenvalue weighted by Crippen LogP contribution is 2.20. The number of amides is 1. The molecule has 0 aliphatic heterocycles. The van der Waals surface area contributed by atoms with Gasteiger partial charge in [0.2, 0.25) is 5.88 Å². The van der Waals surface area contributed by atoms with Crippen LogP contribution in [0.5, 0.6) is 5.88 Å². The number of carbonyl (C=O) groups excluding carboxylic acids is 1. The van der Waals surface area contributed by atoms with E-state index in [1.54, 1.807) is 24.0 Å². The third-order valence-electron chi connectivity index (χ3n) is 2.84. The molecule has 7 heteroatoms. The van der Waals surface area contributed by atoms with Crippen molar-refractivity contribution in [3.8, 4) is 5.88 Å². The standard InChI is InChI=1S/C18H23N3O3S/c1-18(2,3)24-17(22)20-11-12-23-15-9-10-19-16(21-15)25-13-14-7-5-4-6-8-14/h4-10H,11-13H2,1-3H3,(H,20,22). The predicted molar refractivity (Wildman–Crippen MR) is 97.8 cm³/mol. The molecule has 0 radical (unpaired) electrons. The first kappa shape index (κ1) is 19.1. The van der Waals surface area contributed by atoms with Crippen molar-refractivity contribution in [2.24, 2.45) is 0 Å². The van der Waals surface area contributed by atoms with Crippen LogP contribution < -0.4 is 10.1 Å². The van der Waals surface area contributed by atoms with Gasteiger partial charge in [-0.05, 0) is 26.3 Å². The molecule has 0 aliphatic carbocycles. The molecule has 0 fully saturated rings. The van der Waals surface area contributed by atoms with Crippen LogP contribution in [0.25, 0.3) is 0 Å². The van der Waals surface area contributed by atoms with Gasteiger partial charge in [-0.15, -0.1) is 0 Å². The maximum atomic E-state index is 11.5. The molecule has 1 heterocycles.